The number of piperidine rings is 1. The van der Waals surface area contributed by atoms with Crippen LogP contribution in [-0.2, 0) is 19.0 Å². The Morgan fingerprint density at radius 2 is 1.66 bits per heavy atom. The average molecular weight is 440 g/mol. The van der Waals surface area contributed by atoms with E-state index in [-0.39, 0.29) is 24.3 Å². The van der Waals surface area contributed by atoms with Crippen molar-refractivity contribution in [1.29, 1.82) is 0 Å². The van der Waals surface area contributed by atoms with Crippen LogP contribution in [0.25, 0.3) is 11.1 Å². The SMILES string of the molecule is COCC1CN(C(=O)OC(C)(C)C)CC(C(=O)OC)C1c1cccc(-c2ccccc2)c1. The van der Waals surface area contributed by atoms with E-state index in [9.17, 15) is 9.59 Å². The normalized spacial score (nSPS) is 21.2. The highest BCUT2D eigenvalue weighted by Gasteiger charge is 2.44. The predicted octanol–water partition coefficient (Wildman–Crippen LogP) is 4.74. The van der Waals surface area contributed by atoms with Crippen molar-refractivity contribution in [1.82, 2.24) is 4.90 Å². The summed E-state index contributed by atoms with van der Waals surface area (Å²) in [5.41, 5.74) is 2.61. The number of methoxy groups -OCH3 is 2. The molecule has 0 N–H and O–H groups in total. The van der Waals surface area contributed by atoms with Crippen LogP contribution in [0.15, 0.2) is 54.6 Å². The summed E-state index contributed by atoms with van der Waals surface area (Å²) in [6.07, 6.45) is -0.427. The molecule has 6 nitrogen and oxygen atoms in total. The number of carbonyl (C=O) groups is 2. The van der Waals surface area contributed by atoms with E-state index >= 15 is 0 Å². The van der Waals surface area contributed by atoms with Gasteiger partial charge in [-0.3, -0.25) is 4.79 Å². The lowest BCUT2D eigenvalue weighted by Gasteiger charge is -2.43. The van der Waals surface area contributed by atoms with E-state index in [2.05, 4.69) is 24.3 Å². The van der Waals surface area contributed by atoms with Gasteiger partial charge in [0.2, 0.25) is 0 Å². The van der Waals surface area contributed by atoms with Crippen LogP contribution < -0.4 is 0 Å². The van der Waals surface area contributed by atoms with Crippen LogP contribution in [0, 0.1) is 11.8 Å². The third-order valence-electron chi connectivity index (χ3n) is 5.73. The number of amides is 1. The van der Waals surface area contributed by atoms with Crippen molar-refractivity contribution in [3.05, 3.63) is 60.2 Å². The zero-order chi connectivity index (χ0) is 23.3. The van der Waals surface area contributed by atoms with Crippen LogP contribution in [0.1, 0.15) is 32.3 Å². The van der Waals surface area contributed by atoms with Gasteiger partial charge in [-0.25, -0.2) is 4.79 Å². The Bertz CT molecular complexity index is 921. The summed E-state index contributed by atoms with van der Waals surface area (Å²) >= 11 is 0. The Morgan fingerprint density at radius 1 is 0.969 bits per heavy atom. The van der Waals surface area contributed by atoms with Gasteiger partial charge in [-0.05, 0) is 37.5 Å². The molecule has 3 atom stereocenters. The van der Waals surface area contributed by atoms with E-state index in [0.717, 1.165) is 16.7 Å². The summed E-state index contributed by atoms with van der Waals surface area (Å²) in [7, 11) is 3.02. The predicted molar refractivity (Wildman–Crippen MR) is 123 cm³/mol. The molecule has 32 heavy (non-hydrogen) atoms. The highest BCUT2D eigenvalue weighted by molar-refractivity contribution is 5.76. The number of benzene rings is 2. The van der Waals surface area contributed by atoms with E-state index in [1.54, 1.807) is 12.0 Å². The van der Waals surface area contributed by atoms with Gasteiger partial charge in [-0.15, -0.1) is 0 Å². The molecule has 2 aromatic rings. The number of ether oxygens (including phenoxy) is 3. The van der Waals surface area contributed by atoms with E-state index < -0.39 is 17.6 Å². The van der Waals surface area contributed by atoms with Crippen LogP contribution in [-0.4, -0.2) is 56.5 Å². The maximum Gasteiger partial charge on any atom is 0.410 e. The largest absolute Gasteiger partial charge is 0.469 e. The maximum atomic E-state index is 12.9. The van der Waals surface area contributed by atoms with Crippen molar-refractivity contribution in [3.63, 3.8) is 0 Å². The molecule has 3 rings (SSSR count). The van der Waals surface area contributed by atoms with E-state index in [1.807, 2.05) is 51.1 Å². The van der Waals surface area contributed by atoms with Gasteiger partial charge >= 0.3 is 12.1 Å². The number of likely N-dealkylation sites (tertiary alicyclic amines) is 1. The zero-order valence-electron chi connectivity index (χ0n) is 19.5. The van der Waals surface area contributed by atoms with Gasteiger partial charge in [-0.2, -0.15) is 0 Å². The fraction of sp³-hybridized carbons (Fsp3) is 0.462. The smallest absolute Gasteiger partial charge is 0.410 e. The Kier molecular flexibility index (Phi) is 7.56. The molecule has 1 aliphatic heterocycles. The van der Waals surface area contributed by atoms with E-state index in [1.165, 1.54) is 7.11 Å². The highest BCUT2D eigenvalue weighted by Crippen LogP contribution is 2.40. The maximum absolute atomic E-state index is 12.9. The fourth-order valence-corrected chi connectivity index (χ4v) is 4.43. The van der Waals surface area contributed by atoms with Crippen molar-refractivity contribution in [3.8, 4) is 11.1 Å². The molecule has 1 aliphatic rings. The number of rotatable bonds is 5. The Balaban J connectivity index is 1.97. The van der Waals surface area contributed by atoms with Crippen LogP contribution in [0.2, 0.25) is 0 Å². The van der Waals surface area contributed by atoms with Gasteiger partial charge in [0.25, 0.3) is 0 Å². The Labute approximate surface area is 190 Å². The number of esters is 1. The molecule has 3 unspecified atom stereocenters. The van der Waals surface area contributed by atoms with Gasteiger partial charge in [0.15, 0.2) is 0 Å². The standard InChI is InChI=1S/C26H33NO5/c1-26(2,3)32-25(29)27-15-21(17-30-4)23(22(16-27)24(28)31-5)20-13-9-12-19(14-20)18-10-7-6-8-11-18/h6-14,21-23H,15-17H2,1-5H3. The van der Waals surface area contributed by atoms with Crippen LogP contribution in [0.3, 0.4) is 0 Å². The Hall–Kier alpha value is -2.86. The summed E-state index contributed by atoms with van der Waals surface area (Å²) in [4.78, 5) is 27.3. The Morgan fingerprint density at radius 3 is 2.28 bits per heavy atom. The van der Waals surface area contributed by atoms with Crippen molar-refractivity contribution >= 4 is 12.1 Å². The minimum absolute atomic E-state index is 0.0867. The lowest BCUT2D eigenvalue weighted by atomic mass is 9.73. The molecule has 0 radical (unpaired) electrons. The van der Waals surface area contributed by atoms with Crippen LogP contribution in [0.5, 0.6) is 0 Å². The number of carbonyl (C=O) groups excluding carboxylic acids is 2. The third-order valence-corrected chi connectivity index (χ3v) is 5.73. The first-order valence-corrected chi connectivity index (χ1v) is 10.9. The van der Waals surface area contributed by atoms with Crippen LogP contribution in [0.4, 0.5) is 4.79 Å². The first kappa shape index (κ1) is 23.8. The molecular weight excluding hydrogens is 406 g/mol. The first-order valence-electron chi connectivity index (χ1n) is 10.9. The lowest BCUT2D eigenvalue weighted by molar-refractivity contribution is -0.149. The molecule has 172 valence electrons. The molecular formula is C26H33NO5. The highest BCUT2D eigenvalue weighted by atomic mass is 16.6. The van der Waals surface area contributed by atoms with Gasteiger partial charge < -0.3 is 19.1 Å². The van der Waals surface area contributed by atoms with Crippen molar-refractivity contribution < 1.29 is 23.8 Å². The van der Waals surface area contributed by atoms with Gasteiger partial charge in [0.05, 0.1) is 19.6 Å². The second kappa shape index (κ2) is 10.2. The molecule has 0 aliphatic carbocycles. The lowest BCUT2D eigenvalue weighted by Crippen LogP contribution is -2.52. The summed E-state index contributed by atoms with van der Waals surface area (Å²) in [5.74, 6) is -1.09. The number of hydrogen-bond donors (Lipinski definition) is 0. The minimum atomic E-state index is -0.616. The monoisotopic (exact) mass is 439 g/mol. The summed E-state index contributed by atoms with van der Waals surface area (Å²) in [6.45, 7) is 6.58. The molecule has 0 aromatic heterocycles. The molecule has 1 amide bonds. The first-order chi connectivity index (χ1) is 15.2. The van der Waals surface area contributed by atoms with Gasteiger partial charge in [0, 0.05) is 32.0 Å². The molecule has 6 heteroatoms. The number of nitrogens with zero attached hydrogens (tertiary/aromatic N) is 1. The molecule has 2 aromatic carbocycles. The van der Waals surface area contributed by atoms with Crippen molar-refractivity contribution in [2.45, 2.75) is 32.3 Å². The molecule has 0 bridgehead atoms. The average Bonchev–Trinajstić information content (AvgIpc) is 2.77. The summed E-state index contributed by atoms with van der Waals surface area (Å²) in [5, 5.41) is 0. The minimum Gasteiger partial charge on any atom is -0.469 e. The number of hydrogen-bond acceptors (Lipinski definition) is 5. The fourth-order valence-electron chi connectivity index (χ4n) is 4.43. The molecule has 0 spiro atoms. The molecule has 1 heterocycles. The van der Waals surface area contributed by atoms with Crippen molar-refractivity contribution in [2.24, 2.45) is 11.8 Å². The second-order valence-electron chi connectivity index (χ2n) is 9.25. The molecule has 1 saturated heterocycles. The molecule has 0 saturated carbocycles. The summed E-state index contributed by atoms with van der Waals surface area (Å²) < 4.78 is 16.2. The van der Waals surface area contributed by atoms with Gasteiger partial charge in [-0.1, -0.05) is 54.6 Å². The van der Waals surface area contributed by atoms with E-state index in [4.69, 9.17) is 14.2 Å². The van der Waals surface area contributed by atoms with Crippen LogP contribution >= 0.6 is 0 Å². The second-order valence-corrected chi connectivity index (χ2v) is 9.25. The molecule has 1 fully saturated rings. The summed E-state index contributed by atoms with van der Waals surface area (Å²) in [6, 6.07) is 18.4. The van der Waals surface area contributed by atoms with E-state index in [0.29, 0.717) is 13.2 Å². The third kappa shape index (κ3) is 5.68. The van der Waals surface area contributed by atoms with Crippen molar-refractivity contribution in [2.75, 3.05) is 33.9 Å². The quantitative estimate of drug-likeness (QED) is 0.630. The van der Waals surface area contributed by atoms with Gasteiger partial charge in [0.1, 0.15) is 5.60 Å². The zero-order valence-corrected chi connectivity index (χ0v) is 19.5. The topological polar surface area (TPSA) is 65.1 Å².